The van der Waals surface area contributed by atoms with Gasteiger partial charge in [0.2, 0.25) is 0 Å². The summed E-state index contributed by atoms with van der Waals surface area (Å²) in [5, 5.41) is 0. The van der Waals surface area contributed by atoms with Gasteiger partial charge in [0.1, 0.15) is 5.69 Å². The van der Waals surface area contributed by atoms with Gasteiger partial charge in [-0.1, -0.05) is 12.1 Å². The highest BCUT2D eigenvalue weighted by atomic mass is 16.2. The summed E-state index contributed by atoms with van der Waals surface area (Å²) in [5.41, 5.74) is 8.76. The predicted octanol–water partition coefficient (Wildman–Crippen LogP) is 2.17. The Balaban J connectivity index is 1.81. The highest BCUT2D eigenvalue weighted by molar-refractivity contribution is 5.92. The summed E-state index contributed by atoms with van der Waals surface area (Å²) in [6, 6.07) is 7.95. The summed E-state index contributed by atoms with van der Waals surface area (Å²) in [7, 11) is 0. The molecule has 1 saturated carbocycles. The van der Waals surface area contributed by atoms with E-state index in [0.717, 1.165) is 24.1 Å². The molecule has 1 amide bonds. The molecule has 0 aliphatic heterocycles. The summed E-state index contributed by atoms with van der Waals surface area (Å²) in [4.78, 5) is 22.8. The van der Waals surface area contributed by atoms with Crippen LogP contribution in [0, 0.1) is 6.92 Å². The molecule has 1 aromatic heterocycles. The molecule has 0 spiro atoms. The molecular weight excluding hydrogens is 264 g/mol. The fourth-order valence-corrected chi connectivity index (χ4v) is 2.29. The normalized spacial score (nSPS) is 14.0. The van der Waals surface area contributed by atoms with Gasteiger partial charge >= 0.3 is 0 Å². The Morgan fingerprint density at radius 2 is 2.14 bits per heavy atom. The highest BCUT2D eigenvalue weighted by Crippen LogP contribution is 2.29. The lowest BCUT2D eigenvalue weighted by molar-refractivity contribution is 0.0723. The Bertz CT molecular complexity index is 650. The molecule has 0 atom stereocenters. The third-order valence-corrected chi connectivity index (χ3v) is 3.55. The van der Waals surface area contributed by atoms with Gasteiger partial charge in [0.25, 0.3) is 5.91 Å². The molecule has 108 valence electrons. The molecule has 21 heavy (non-hydrogen) atoms. The van der Waals surface area contributed by atoms with Gasteiger partial charge in [0, 0.05) is 24.5 Å². The highest BCUT2D eigenvalue weighted by Gasteiger charge is 2.33. The third kappa shape index (κ3) is 3.18. The van der Waals surface area contributed by atoms with Crippen LogP contribution in [0.25, 0.3) is 0 Å². The van der Waals surface area contributed by atoms with Crippen molar-refractivity contribution in [3.63, 3.8) is 0 Å². The first kappa shape index (κ1) is 13.5. The van der Waals surface area contributed by atoms with Crippen LogP contribution in [0.3, 0.4) is 0 Å². The molecule has 2 aromatic rings. The molecule has 1 aliphatic rings. The number of nitrogens with zero attached hydrogens (tertiary/aromatic N) is 3. The summed E-state index contributed by atoms with van der Waals surface area (Å²) >= 11 is 0. The van der Waals surface area contributed by atoms with E-state index in [2.05, 4.69) is 9.97 Å². The van der Waals surface area contributed by atoms with Crippen LogP contribution in [0.5, 0.6) is 0 Å². The quantitative estimate of drug-likeness (QED) is 0.872. The number of aryl methyl sites for hydroxylation is 1. The molecule has 1 aromatic carbocycles. The zero-order valence-corrected chi connectivity index (χ0v) is 12.0. The number of aromatic nitrogens is 2. The second-order valence-corrected chi connectivity index (χ2v) is 5.45. The summed E-state index contributed by atoms with van der Waals surface area (Å²) in [5.74, 6) is -0.0626. The van der Waals surface area contributed by atoms with Crippen LogP contribution in [0.2, 0.25) is 0 Å². The molecule has 1 fully saturated rings. The SMILES string of the molecule is Cc1cnc(C(=O)N(Cc2cccc(N)c2)C2CC2)cn1. The van der Waals surface area contributed by atoms with E-state index in [-0.39, 0.29) is 5.91 Å². The van der Waals surface area contributed by atoms with Gasteiger partial charge in [0.15, 0.2) is 0 Å². The minimum absolute atomic E-state index is 0.0626. The Hall–Kier alpha value is -2.43. The summed E-state index contributed by atoms with van der Waals surface area (Å²) in [6.45, 7) is 2.41. The van der Waals surface area contributed by atoms with Gasteiger partial charge in [-0.05, 0) is 37.5 Å². The number of nitrogens with two attached hydrogens (primary N) is 1. The molecule has 1 aliphatic carbocycles. The first-order valence-electron chi connectivity index (χ1n) is 7.07. The van der Waals surface area contributed by atoms with Crippen molar-refractivity contribution in [3.05, 3.63) is 53.6 Å². The minimum atomic E-state index is -0.0626. The van der Waals surface area contributed by atoms with Crippen LogP contribution in [0.1, 0.15) is 34.6 Å². The Labute approximate surface area is 123 Å². The molecule has 2 N–H and O–H groups in total. The molecule has 0 unspecified atom stereocenters. The second-order valence-electron chi connectivity index (χ2n) is 5.45. The van der Waals surface area contributed by atoms with Gasteiger partial charge in [0.05, 0.1) is 11.9 Å². The molecule has 0 radical (unpaired) electrons. The maximum absolute atomic E-state index is 12.6. The van der Waals surface area contributed by atoms with Gasteiger partial charge in [-0.3, -0.25) is 9.78 Å². The lowest BCUT2D eigenvalue weighted by Gasteiger charge is -2.22. The molecule has 0 saturated heterocycles. The van der Waals surface area contributed by atoms with E-state index < -0.39 is 0 Å². The number of anilines is 1. The number of hydrogen-bond donors (Lipinski definition) is 1. The largest absolute Gasteiger partial charge is 0.399 e. The fourth-order valence-electron chi connectivity index (χ4n) is 2.29. The average Bonchev–Trinajstić information content (AvgIpc) is 3.29. The van der Waals surface area contributed by atoms with Crippen molar-refractivity contribution in [1.29, 1.82) is 0 Å². The van der Waals surface area contributed by atoms with Crippen LogP contribution in [-0.4, -0.2) is 26.8 Å². The van der Waals surface area contributed by atoms with Crippen molar-refractivity contribution in [1.82, 2.24) is 14.9 Å². The van der Waals surface area contributed by atoms with E-state index in [1.165, 1.54) is 0 Å². The molecule has 0 bridgehead atoms. The average molecular weight is 282 g/mol. The molecule has 1 heterocycles. The lowest BCUT2D eigenvalue weighted by Crippen LogP contribution is -2.33. The van der Waals surface area contributed by atoms with Crippen LogP contribution < -0.4 is 5.73 Å². The Morgan fingerprint density at radius 1 is 1.33 bits per heavy atom. The minimum Gasteiger partial charge on any atom is -0.399 e. The second kappa shape index (κ2) is 5.52. The first-order chi connectivity index (χ1) is 10.1. The smallest absolute Gasteiger partial charge is 0.274 e. The number of carbonyl (C=O) groups is 1. The Morgan fingerprint density at radius 3 is 2.76 bits per heavy atom. The lowest BCUT2D eigenvalue weighted by atomic mass is 10.2. The Kier molecular flexibility index (Phi) is 3.56. The molecule has 3 rings (SSSR count). The van der Waals surface area contributed by atoms with Crippen LogP contribution in [-0.2, 0) is 6.54 Å². The number of amides is 1. The first-order valence-corrected chi connectivity index (χ1v) is 7.07. The van der Waals surface area contributed by atoms with Crippen LogP contribution in [0.4, 0.5) is 5.69 Å². The molecule has 5 heteroatoms. The number of hydrogen-bond acceptors (Lipinski definition) is 4. The fraction of sp³-hybridized carbons (Fsp3) is 0.312. The maximum atomic E-state index is 12.6. The number of rotatable bonds is 4. The van der Waals surface area contributed by atoms with Crippen molar-refractivity contribution in [3.8, 4) is 0 Å². The summed E-state index contributed by atoms with van der Waals surface area (Å²) < 4.78 is 0. The van der Waals surface area contributed by atoms with Crippen LogP contribution in [0.15, 0.2) is 36.7 Å². The molecular formula is C16H18N4O. The van der Waals surface area contributed by atoms with Gasteiger partial charge in [-0.15, -0.1) is 0 Å². The van der Waals surface area contributed by atoms with E-state index in [1.807, 2.05) is 36.1 Å². The zero-order valence-electron chi connectivity index (χ0n) is 12.0. The number of nitrogen functional groups attached to an aromatic ring is 1. The maximum Gasteiger partial charge on any atom is 0.274 e. The van der Waals surface area contributed by atoms with E-state index in [1.54, 1.807) is 12.4 Å². The van der Waals surface area contributed by atoms with Gasteiger partial charge < -0.3 is 10.6 Å². The topological polar surface area (TPSA) is 72.1 Å². The van der Waals surface area contributed by atoms with E-state index in [9.17, 15) is 4.79 Å². The third-order valence-electron chi connectivity index (χ3n) is 3.55. The number of carbonyl (C=O) groups excluding carboxylic acids is 1. The van der Waals surface area contributed by atoms with Gasteiger partial charge in [-0.2, -0.15) is 0 Å². The van der Waals surface area contributed by atoms with E-state index in [4.69, 9.17) is 5.73 Å². The van der Waals surface area contributed by atoms with E-state index in [0.29, 0.717) is 24.0 Å². The predicted molar refractivity (Wildman–Crippen MR) is 80.5 cm³/mol. The van der Waals surface area contributed by atoms with Gasteiger partial charge in [-0.25, -0.2) is 4.98 Å². The monoisotopic (exact) mass is 282 g/mol. The standard InChI is InChI=1S/C16H18N4O/c1-11-8-19-15(9-18-11)16(21)20(14-5-6-14)10-12-3-2-4-13(17)7-12/h2-4,7-9,14H,5-6,10,17H2,1H3. The van der Waals surface area contributed by atoms with Crippen molar-refractivity contribution in [2.75, 3.05) is 5.73 Å². The summed E-state index contributed by atoms with van der Waals surface area (Å²) in [6.07, 6.45) is 5.27. The van der Waals surface area contributed by atoms with Crippen molar-refractivity contribution in [2.24, 2.45) is 0 Å². The van der Waals surface area contributed by atoms with Crippen molar-refractivity contribution < 1.29 is 4.79 Å². The zero-order chi connectivity index (χ0) is 14.8. The van der Waals surface area contributed by atoms with Crippen molar-refractivity contribution in [2.45, 2.75) is 32.4 Å². The molecule has 5 nitrogen and oxygen atoms in total. The number of benzene rings is 1. The van der Waals surface area contributed by atoms with E-state index >= 15 is 0 Å². The van der Waals surface area contributed by atoms with Crippen LogP contribution >= 0.6 is 0 Å². The van der Waals surface area contributed by atoms with Crippen molar-refractivity contribution >= 4 is 11.6 Å².